The lowest BCUT2D eigenvalue weighted by Gasteiger charge is -2.10. The predicted molar refractivity (Wildman–Crippen MR) is 74.2 cm³/mol. The first-order chi connectivity index (χ1) is 8.44. The van der Waals surface area contributed by atoms with Crippen LogP contribution < -0.4 is 10.6 Å². The van der Waals surface area contributed by atoms with Crippen molar-refractivity contribution in [3.63, 3.8) is 0 Å². The SMILES string of the molecule is O=S1(=O)CC=C(NC(=S)Nc2ccc(O)cc2)C1. The Hall–Kier alpha value is -1.60. The van der Waals surface area contributed by atoms with E-state index in [9.17, 15) is 8.42 Å². The van der Waals surface area contributed by atoms with Gasteiger partial charge in [-0.3, -0.25) is 0 Å². The van der Waals surface area contributed by atoms with Crippen LogP contribution in [0, 0.1) is 0 Å². The van der Waals surface area contributed by atoms with Crippen LogP contribution in [0.1, 0.15) is 0 Å². The highest BCUT2D eigenvalue weighted by atomic mass is 32.2. The van der Waals surface area contributed by atoms with Crippen molar-refractivity contribution >= 4 is 32.9 Å². The summed E-state index contributed by atoms with van der Waals surface area (Å²) in [6.07, 6.45) is 1.61. The highest BCUT2D eigenvalue weighted by Crippen LogP contribution is 2.14. The molecule has 2 rings (SSSR count). The molecule has 0 fully saturated rings. The zero-order chi connectivity index (χ0) is 13.2. The van der Waals surface area contributed by atoms with Gasteiger partial charge in [-0.1, -0.05) is 0 Å². The third-order valence-corrected chi connectivity index (χ3v) is 3.99. The Balaban J connectivity index is 1.92. The van der Waals surface area contributed by atoms with E-state index < -0.39 is 9.84 Å². The smallest absolute Gasteiger partial charge is 0.175 e. The van der Waals surface area contributed by atoms with Crippen LogP contribution in [0.5, 0.6) is 5.75 Å². The maximum atomic E-state index is 11.2. The summed E-state index contributed by atoms with van der Waals surface area (Å²) < 4.78 is 22.5. The first-order valence-corrected chi connectivity index (χ1v) is 7.44. The number of rotatable bonds is 2. The van der Waals surface area contributed by atoms with Crippen LogP contribution in [-0.4, -0.2) is 30.1 Å². The molecule has 0 aromatic heterocycles. The molecule has 0 saturated carbocycles. The number of nitrogens with one attached hydrogen (secondary N) is 2. The molecule has 0 unspecified atom stereocenters. The number of hydrogen-bond acceptors (Lipinski definition) is 4. The first-order valence-electron chi connectivity index (χ1n) is 5.21. The van der Waals surface area contributed by atoms with Crippen molar-refractivity contribution in [1.82, 2.24) is 5.32 Å². The van der Waals surface area contributed by atoms with Gasteiger partial charge in [0.2, 0.25) is 0 Å². The fourth-order valence-electron chi connectivity index (χ4n) is 1.52. The Labute approximate surface area is 110 Å². The van der Waals surface area contributed by atoms with Gasteiger partial charge in [0, 0.05) is 11.4 Å². The number of phenols is 1. The molecular weight excluding hydrogens is 272 g/mol. The van der Waals surface area contributed by atoms with Crippen LogP contribution in [0.3, 0.4) is 0 Å². The molecule has 0 bridgehead atoms. The van der Waals surface area contributed by atoms with Gasteiger partial charge in [-0.05, 0) is 42.6 Å². The summed E-state index contributed by atoms with van der Waals surface area (Å²) in [6.45, 7) is 0. The maximum absolute atomic E-state index is 11.2. The van der Waals surface area contributed by atoms with Crippen LogP contribution in [0.4, 0.5) is 5.69 Å². The molecule has 0 atom stereocenters. The van der Waals surface area contributed by atoms with E-state index in [1.54, 1.807) is 18.2 Å². The van der Waals surface area contributed by atoms with Gasteiger partial charge in [0.25, 0.3) is 0 Å². The number of sulfone groups is 1. The minimum absolute atomic E-state index is 0.00953. The molecule has 1 aliphatic heterocycles. The van der Waals surface area contributed by atoms with Crippen molar-refractivity contribution in [3.8, 4) is 5.75 Å². The summed E-state index contributed by atoms with van der Waals surface area (Å²) in [5.74, 6) is 0.214. The lowest BCUT2D eigenvalue weighted by molar-refractivity contribution is 0.475. The van der Waals surface area contributed by atoms with Crippen molar-refractivity contribution in [3.05, 3.63) is 36.0 Å². The molecule has 1 aromatic rings. The van der Waals surface area contributed by atoms with Crippen molar-refractivity contribution in [2.45, 2.75) is 0 Å². The second-order valence-electron chi connectivity index (χ2n) is 3.91. The van der Waals surface area contributed by atoms with Gasteiger partial charge in [-0.15, -0.1) is 0 Å². The number of hydrogen-bond donors (Lipinski definition) is 3. The number of anilines is 1. The Morgan fingerprint density at radius 3 is 2.44 bits per heavy atom. The zero-order valence-electron chi connectivity index (χ0n) is 9.38. The van der Waals surface area contributed by atoms with Crippen LogP contribution in [0.2, 0.25) is 0 Å². The van der Waals surface area contributed by atoms with E-state index in [4.69, 9.17) is 17.3 Å². The van der Waals surface area contributed by atoms with Gasteiger partial charge in [0.1, 0.15) is 5.75 Å². The maximum Gasteiger partial charge on any atom is 0.175 e. The largest absolute Gasteiger partial charge is 0.508 e. The molecule has 0 aliphatic carbocycles. The highest BCUT2D eigenvalue weighted by Gasteiger charge is 2.20. The summed E-state index contributed by atoms with van der Waals surface area (Å²) in [4.78, 5) is 0. The van der Waals surface area contributed by atoms with E-state index in [2.05, 4.69) is 10.6 Å². The lowest BCUT2D eigenvalue weighted by atomic mass is 10.3. The molecule has 1 aliphatic rings. The molecule has 5 nitrogen and oxygen atoms in total. The lowest BCUT2D eigenvalue weighted by Crippen LogP contribution is -2.28. The first kappa shape index (κ1) is 12.8. The second-order valence-corrected chi connectivity index (χ2v) is 6.43. The van der Waals surface area contributed by atoms with Gasteiger partial charge in [-0.2, -0.15) is 0 Å². The topological polar surface area (TPSA) is 78.4 Å². The average molecular weight is 284 g/mol. The summed E-state index contributed by atoms with van der Waals surface area (Å²) in [5, 5.41) is 15.2. The fraction of sp³-hybridized carbons (Fsp3) is 0.182. The molecule has 18 heavy (non-hydrogen) atoms. The van der Waals surface area contributed by atoms with Gasteiger partial charge in [0.15, 0.2) is 14.9 Å². The van der Waals surface area contributed by atoms with E-state index in [-0.39, 0.29) is 17.3 Å². The molecular formula is C11H12N2O3S2. The van der Waals surface area contributed by atoms with Crippen molar-refractivity contribution in [1.29, 1.82) is 0 Å². The summed E-state index contributed by atoms with van der Waals surface area (Å²) in [5.41, 5.74) is 1.30. The Kier molecular flexibility index (Phi) is 3.53. The fourth-order valence-corrected chi connectivity index (χ4v) is 3.01. The highest BCUT2D eigenvalue weighted by molar-refractivity contribution is 7.92. The zero-order valence-corrected chi connectivity index (χ0v) is 11.0. The summed E-state index contributed by atoms with van der Waals surface area (Å²) in [6, 6.07) is 6.40. The molecule has 7 heteroatoms. The minimum Gasteiger partial charge on any atom is -0.508 e. The van der Waals surface area contributed by atoms with Crippen LogP contribution in [0.15, 0.2) is 36.0 Å². The van der Waals surface area contributed by atoms with Gasteiger partial charge >= 0.3 is 0 Å². The molecule has 3 N–H and O–H groups in total. The van der Waals surface area contributed by atoms with Crippen molar-refractivity contribution < 1.29 is 13.5 Å². The average Bonchev–Trinajstić information content (AvgIpc) is 2.61. The van der Waals surface area contributed by atoms with Crippen LogP contribution in [-0.2, 0) is 9.84 Å². The van der Waals surface area contributed by atoms with Crippen LogP contribution in [0.25, 0.3) is 0 Å². The quantitative estimate of drug-likeness (QED) is 0.555. The van der Waals surface area contributed by atoms with Gasteiger partial charge in [0.05, 0.1) is 11.5 Å². The normalized spacial score (nSPS) is 17.0. The summed E-state index contributed by atoms with van der Waals surface area (Å²) >= 11 is 5.06. The number of thiocarbonyl (C=S) groups is 1. The third kappa shape index (κ3) is 3.44. The Morgan fingerprint density at radius 1 is 1.22 bits per heavy atom. The number of aromatic hydroxyl groups is 1. The monoisotopic (exact) mass is 284 g/mol. The van der Waals surface area contributed by atoms with Crippen molar-refractivity contribution in [2.24, 2.45) is 0 Å². The van der Waals surface area contributed by atoms with E-state index in [0.717, 1.165) is 0 Å². The van der Waals surface area contributed by atoms with Crippen molar-refractivity contribution in [2.75, 3.05) is 16.8 Å². The third-order valence-electron chi connectivity index (χ3n) is 2.36. The molecule has 0 spiro atoms. The molecule has 0 amide bonds. The number of benzene rings is 1. The number of phenolic OH excluding ortho intramolecular Hbond substituents is 1. The van der Waals surface area contributed by atoms with E-state index >= 15 is 0 Å². The Morgan fingerprint density at radius 2 is 1.89 bits per heavy atom. The Bertz CT molecular complexity index is 591. The van der Waals surface area contributed by atoms with Crippen LogP contribution >= 0.6 is 12.2 Å². The van der Waals surface area contributed by atoms with E-state index in [1.165, 1.54) is 12.1 Å². The molecule has 1 aromatic carbocycles. The second kappa shape index (κ2) is 4.95. The molecule has 96 valence electrons. The molecule has 0 saturated heterocycles. The van der Waals surface area contributed by atoms with E-state index in [0.29, 0.717) is 16.5 Å². The molecule has 0 radical (unpaired) electrons. The summed E-state index contributed by atoms with van der Waals surface area (Å²) in [7, 11) is -3.00. The minimum atomic E-state index is -3.00. The standard InChI is InChI=1S/C11H12N2O3S2/c14-10-3-1-8(2-4-10)12-11(17)13-9-5-6-18(15,16)7-9/h1-5,14H,6-7H2,(H2,12,13,17). The van der Waals surface area contributed by atoms with Gasteiger partial charge in [-0.25, -0.2) is 8.42 Å². The molecule has 1 heterocycles. The van der Waals surface area contributed by atoms with E-state index in [1.807, 2.05) is 0 Å². The predicted octanol–water partition coefficient (Wildman–Crippen LogP) is 0.991. The van der Waals surface area contributed by atoms with Gasteiger partial charge < -0.3 is 15.7 Å².